The molecule has 92 valence electrons. The van der Waals surface area contributed by atoms with Crippen molar-refractivity contribution in [2.24, 2.45) is 5.41 Å². The van der Waals surface area contributed by atoms with Crippen molar-refractivity contribution in [2.45, 2.75) is 26.2 Å². The van der Waals surface area contributed by atoms with Crippen LogP contribution in [0.25, 0.3) is 0 Å². The smallest absolute Gasteiger partial charge is 0.136 e. The van der Waals surface area contributed by atoms with Gasteiger partial charge >= 0.3 is 0 Å². The number of ketones is 1. The van der Waals surface area contributed by atoms with E-state index in [1.165, 1.54) is 0 Å². The molecular weight excluding hydrogens is 216 g/mol. The molecular formula is C14H18O3. The monoisotopic (exact) mass is 234 g/mol. The Hall–Kier alpha value is -1.51. The summed E-state index contributed by atoms with van der Waals surface area (Å²) in [5.41, 5.74) is -0.0630. The van der Waals surface area contributed by atoms with E-state index >= 15 is 0 Å². The molecule has 0 unspecified atom stereocenters. The highest BCUT2D eigenvalue weighted by Crippen LogP contribution is 2.49. The van der Waals surface area contributed by atoms with Crippen molar-refractivity contribution in [3.8, 4) is 11.5 Å². The lowest BCUT2D eigenvalue weighted by Gasteiger charge is -2.12. The van der Waals surface area contributed by atoms with E-state index in [2.05, 4.69) is 0 Å². The number of hydrogen-bond acceptors (Lipinski definition) is 3. The van der Waals surface area contributed by atoms with Gasteiger partial charge in [-0.25, -0.2) is 0 Å². The number of hydrogen-bond donors (Lipinski definition) is 0. The molecule has 0 amide bonds. The molecule has 1 aliphatic rings. The molecule has 1 aliphatic carbocycles. The van der Waals surface area contributed by atoms with Crippen LogP contribution in [0.15, 0.2) is 24.3 Å². The van der Waals surface area contributed by atoms with Gasteiger partial charge in [-0.2, -0.15) is 0 Å². The van der Waals surface area contributed by atoms with Crippen LogP contribution in [0.3, 0.4) is 0 Å². The molecule has 0 atom stereocenters. The molecule has 0 aliphatic heterocycles. The lowest BCUT2D eigenvalue weighted by molar-refractivity contribution is -0.122. The van der Waals surface area contributed by atoms with Crippen molar-refractivity contribution in [1.82, 2.24) is 0 Å². The maximum atomic E-state index is 11.4. The fourth-order valence-corrected chi connectivity index (χ4v) is 1.97. The molecule has 0 bridgehead atoms. The second kappa shape index (κ2) is 4.78. The Morgan fingerprint density at radius 3 is 2.29 bits per heavy atom. The number of ether oxygens (including phenoxy) is 2. The summed E-state index contributed by atoms with van der Waals surface area (Å²) < 4.78 is 10.7. The van der Waals surface area contributed by atoms with Crippen LogP contribution < -0.4 is 9.47 Å². The lowest BCUT2D eigenvalue weighted by Crippen LogP contribution is -2.15. The lowest BCUT2D eigenvalue weighted by atomic mass is 9.99. The fourth-order valence-electron chi connectivity index (χ4n) is 1.97. The predicted molar refractivity (Wildman–Crippen MR) is 65.5 cm³/mol. The SMILES string of the molecule is COc1ccc(OCCC2(C(C)=O)CC2)cc1. The van der Waals surface area contributed by atoms with Crippen molar-refractivity contribution >= 4 is 5.78 Å². The number of methoxy groups -OCH3 is 1. The van der Waals surface area contributed by atoms with Crippen molar-refractivity contribution in [1.29, 1.82) is 0 Å². The van der Waals surface area contributed by atoms with Crippen LogP contribution in [-0.4, -0.2) is 19.5 Å². The molecule has 2 rings (SSSR count). The molecule has 0 radical (unpaired) electrons. The van der Waals surface area contributed by atoms with Gasteiger partial charge in [0.1, 0.15) is 17.3 Å². The molecule has 3 nitrogen and oxygen atoms in total. The average Bonchev–Trinajstić information content (AvgIpc) is 3.11. The first kappa shape index (κ1) is 12.0. The fraction of sp³-hybridized carbons (Fsp3) is 0.500. The minimum Gasteiger partial charge on any atom is -0.497 e. The zero-order valence-corrected chi connectivity index (χ0v) is 10.4. The molecule has 1 aromatic carbocycles. The van der Waals surface area contributed by atoms with E-state index in [1.54, 1.807) is 14.0 Å². The number of carbonyl (C=O) groups is 1. The Labute approximate surface area is 102 Å². The van der Waals surface area contributed by atoms with Gasteiger partial charge in [0, 0.05) is 5.41 Å². The molecule has 1 fully saturated rings. The van der Waals surface area contributed by atoms with Gasteiger partial charge in [0.2, 0.25) is 0 Å². The van der Waals surface area contributed by atoms with Crippen LogP contribution in [0, 0.1) is 5.41 Å². The van der Waals surface area contributed by atoms with Crippen molar-refractivity contribution in [3.63, 3.8) is 0 Å². The summed E-state index contributed by atoms with van der Waals surface area (Å²) in [5.74, 6) is 1.95. The summed E-state index contributed by atoms with van der Waals surface area (Å²) >= 11 is 0. The van der Waals surface area contributed by atoms with E-state index < -0.39 is 0 Å². The normalized spacial score (nSPS) is 16.4. The zero-order chi connectivity index (χ0) is 12.3. The number of carbonyl (C=O) groups excluding carboxylic acids is 1. The third-order valence-electron chi connectivity index (χ3n) is 3.51. The van der Waals surface area contributed by atoms with E-state index in [0.717, 1.165) is 30.8 Å². The van der Waals surface area contributed by atoms with Gasteiger partial charge in [-0.15, -0.1) is 0 Å². The molecule has 1 saturated carbocycles. The molecule has 3 heteroatoms. The summed E-state index contributed by atoms with van der Waals surface area (Å²) in [6.45, 7) is 2.28. The first-order valence-corrected chi connectivity index (χ1v) is 5.94. The molecule has 0 saturated heterocycles. The number of benzene rings is 1. The Morgan fingerprint density at radius 1 is 1.24 bits per heavy atom. The van der Waals surface area contributed by atoms with E-state index in [0.29, 0.717) is 12.4 Å². The topological polar surface area (TPSA) is 35.5 Å². The van der Waals surface area contributed by atoms with E-state index in [1.807, 2.05) is 24.3 Å². The molecule has 0 N–H and O–H groups in total. The van der Waals surface area contributed by atoms with Crippen LogP contribution in [0.5, 0.6) is 11.5 Å². The van der Waals surface area contributed by atoms with Crippen LogP contribution in [0.1, 0.15) is 26.2 Å². The third kappa shape index (κ3) is 2.78. The predicted octanol–water partition coefficient (Wildman–Crippen LogP) is 2.83. The Kier molecular flexibility index (Phi) is 3.36. The summed E-state index contributed by atoms with van der Waals surface area (Å²) in [4.78, 5) is 11.4. The summed E-state index contributed by atoms with van der Waals surface area (Å²) in [6, 6.07) is 7.50. The Morgan fingerprint density at radius 2 is 1.82 bits per heavy atom. The van der Waals surface area contributed by atoms with Crippen LogP contribution in [0.4, 0.5) is 0 Å². The quantitative estimate of drug-likeness (QED) is 0.759. The van der Waals surface area contributed by atoms with Crippen LogP contribution >= 0.6 is 0 Å². The summed E-state index contributed by atoms with van der Waals surface area (Å²) in [5, 5.41) is 0. The zero-order valence-electron chi connectivity index (χ0n) is 10.4. The van der Waals surface area contributed by atoms with Crippen LogP contribution in [-0.2, 0) is 4.79 Å². The molecule has 0 aromatic heterocycles. The standard InChI is InChI=1S/C14H18O3/c1-11(15)14(7-8-14)9-10-17-13-5-3-12(16-2)4-6-13/h3-6H,7-10H2,1-2H3. The highest BCUT2D eigenvalue weighted by atomic mass is 16.5. The largest absolute Gasteiger partial charge is 0.497 e. The van der Waals surface area contributed by atoms with Crippen LogP contribution in [0.2, 0.25) is 0 Å². The van der Waals surface area contributed by atoms with Gasteiger partial charge in [-0.3, -0.25) is 4.79 Å². The van der Waals surface area contributed by atoms with E-state index in [9.17, 15) is 4.79 Å². The highest BCUT2D eigenvalue weighted by molar-refractivity contribution is 5.84. The van der Waals surface area contributed by atoms with Gasteiger partial charge in [0.25, 0.3) is 0 Å². The number of Topliss-reactive ketones (excluding diaryl/α,β-unsaturated/α-hetero) is 1. The van der Waals surface area contributed by atoms with Gasteiger partial charge in [-0.05, 0) is 50.5 Å². The van der Waals surface area contributed by atoms with Gasteiger partial charge in [0.15, 0.2) is 0 Å². The minimum atomic E-state index is -0.0630. The second-order valence-electron chi connectivity index (χ2n) is 4.61. The van der Waals surface area contributed by atoms with E-state index in [4.69, 9.17) is 9.47 Å². The van der Waals surface area contributed by atoms with Crippen molar-refractivity contribution < 1.29 is 14.3 Å². The molecule has 1 aromatic rings. The van der Waals surface area contributed by atoms with Gasteiger partial charge in [0.05, 0.1) is 13.7 Å². The second-order valence-corrected chi connectivity index (χ2v) is 4.61. The van der Waals surface area contributed by atoms with E-state index in [-0.39, 0.29) is 5.41 Å². The Bertz CT molecular complexity index is 390. The third-order valence-corrected chi connectivity index (χ3v) is 3.51. The molecule has 17 heavy (non-hydrogen) atoms. The van der Waals surface area contributed by atoms with Crippen molar-refractivity contribution in [2.75, 3.05) is 13.7 Å². The molecule has 0 spiro atoms. The maximum absolute atomic E-state index is 11.4. The van der Waals surface area contributed by atoms with Crippen molar-refractivity contribution in [3.05, 3.63) is 24.3 Å². The first-order valence-electron chi connectivity index (χ1n) is 5.94. The first-order chi connectivity index (χ1) is 8.16. The minimum absolute atomic E-state index is 0.0630. The highest BCUT2D eigenvalue weighted by Gasteiger charge is 2.46. The summed E-state index contributed by atoms with van der Waals surface area (Å²) in [6.07, 6.45) is 2.87. The number of rotatable bonds is 6. The van der Waals surface area contributed by atoms with Gasteiger partial charge < -0.3 is 9.47 Å². The maximum Gasteiger partial charge on any atom is 0.136 e. The molecule has 0 heterocycles. The average molecular weight is 234 g/mol. The Balaban J connectivity index is 1.80. The summed E-state index contributed by atoms with van der Waals surface area (Å²) in [7, 11) is 1.64. The van der Waals surface area contributed by atoms with Gasteiger partial charge in [-0.1, -0.05) is 0 Å².